The molecule has 0 atom stereocenters. The number of aromatic nitrogens is 1. The Balaban J connectivity index is 1.79. The normalized spacial score (nSPS) is 14.5. The molecule has 0 bridgehead atoms. The molecule has 17 heavy (non-hydrogen) atoms. The minimum Gasteiger partial charge on any atom is -0.350 e. The number of pyridine rings is 1. The molecule has 2 rings (SSSR count). The molecule has 0 unspecified atom stereocenters. The minimum absolute atomic E-state index is 0.101. The van der Waals surface area contributed by atoms with Crippen molar-refractivity contribution in [3.05, 3.63) is 40.1 Å². The second-order valence-corrected chi connectivity index (χ2v) is 5.04. The van der Waals surface area contributed by atoms with Crippen LogP contribution in [0.4, 0.5) is 0 Å². The van der Waals surface area contributed by atoms with Gasteiger partial charge in [-0.05, 0) is 53.7 Å². The Hall–Kier alpha value is -1.16. The molecule has 0 saturated heterocycles. The summed E-state index contributed by atoms with van der Waals surface area (Å²) in [6.45, 7) is 0.697. The number of allylic oxidation sites excluding steroid dienone is 1. The van der Waals surface area contributed by atoms with Crippen molar-refractivity contribution in [2.24, 2.45) is 0 Å². The van der Waals surface area contributed by atoms with E-state index in [4.69, 9.17) is 0 Å². The average molecular weight is 295 g/mol. The summed E-state index contributed by atoms with van der Waals surface area (Å²) in [6, 6.07) is 3.54. The van der Waals surface area contributed by atoms with E-state index in [-0.39, 0.29) is 5.91 Å². The lowest BCUT2D eigenvalue weighted by atomic mass is 10.2. The lowest BCUT2D eigenvalue weighted by molar-refractivity contribution is 0.0949. The fourth-order valence-corrected chi connectivity index (χ4v) is 2.14. The zero-order valence-electron chi connectivity index (χ0n) is 9.58. The van der Waals surface area contributed by atoms with Crippen molar-refractivity contribution in [1.29, 1.82) is 0 Å². The molecule has 1 aliphatic rings. The zero-order chi connectivity index (χ0) is 12.1. The Bertz CT molecular complexity index is 426. The molecule has 1 aliphatic carbocycles. The first-order valence-corrected chi connectivity index (χ1v) is 6.62. The van der Waals surface area contributed by atoms with Crippen LogP contribution >= 0.6 is 15.9 Å². The summed E-state index contributed by atoms with van der Waals surface area (Å²) in [6.07, 6.45) is 8.52. The lowest BCUT2D eigenvalue weighted by Crippen LogP contribution is -2.25. The Morgan fingerprint density at radius 1 is 1.47 bits per heavy atom. The van der Waals surface area contributed by atoms with Gasteiger partial charge in [0, 0.05) is 17.2 Å². The van der Waals surface area contributed by atoms with Crippen molar-refractivity contribution in [3.63, 3.8) is 0 Å². The van der Waals surface area contributed by atoms with Gasteiger partial charge in [-0.1, -0.05) is 11.6 Å². The summed E-state index contributed by atoms with van der Waals surface area (Å²) >= 11 is 3.29. The molecule has 3 nitrogen and oxygen atoms in total. The van der Waals surface area contributed by atoms with Crippen molar-refractivity contribution >= 4 is 21.8 Å². The molecule has 1 aromatic rings. The second kappa shape index (κ2) is 5.96. The standard InChI is InChI=1S/C13H15BrN2O/c14-11-5-6-12(16-9-11)13(17)15-8-7-10-3-1-2-4-10/h3,5-6,9H,1-2,4,7-8H2,(H,15,17). The number of hydrogen-bond donors (Lipinski definition) is 1. The molecular formula is C13H15BrN2O. The summed E-state index contributed by atoms with van der Waals surface area (Å²) in [4.78, 5) is 15.8. The quantitative estimate of drug-likeness (QED) is 0.867. The maximum atomic E-state index is 11.7. The molecule has 1 aromatic heterocycles. The smallest absolute Gasteiger partial charge is 0.269 e. The van der Waals surface area contributed by atoms with E-state index in [1.807, 2.05) is 6.07 Å². The Kier molecular flexibility index (Phi) is 4.31. The van der Waals surface area contributed by atoms with Gasteiger partial charge >= 0.3 is 0 Å². The number of halogens is 1. The largest absolute Gasteiger partial charge is 0.350 e. The number of carbonyl (C=O) groups excluding carboxylic acids is 1. The van der Waals surface area contributed by atoms with Gasteiger partial charge in [0.15, 0.2) is 0 Å². The lowest BCUT2D eigenvalue weighted by Gasteiger charge is -2.05. The number of nitrogens with one attached hydrogen (secondary N) is 1. The Labute approximate surface area is 109 Å². The molecule has 1 N–H and O–H groups in total. The molecule has 0 aromatic carbocycles. The van der Waals surface area contributed by atoms with Crippen molar-refractivity contribution in [1.82, 2.24) is 10.3 Å². The van der Waals surface area contributed by atoms with E-state index in [0.29, 0.717) is 12.2 Å². The number of hydrogen-bond acceptors (Lipinski definition) is 2. The Morgan fingerprint density at radius 2 is 2.35 bits per heavy atom. The van der Waals surface area contributed by atoms with Crippen LogP contribution in [0.3, 0.4) is 0 Å². The molecule has 1 amide bonds. The fraction of sp³-hybridized carbons (Fsp3) is 0.385. The molecule has 0 aliphatic heterocycles. The van der Waals surface area contributed by atoms with Crippen LogP contribution in [0.5, 0.6) is 0 Å². The molecule has 0 spiro atoms. The first-order chi connectivity index (χ1) is 8.25. The monoisotopic (exact) mass is 294 g/mol. The molecular weight excluding hydrogens is 280 g/mol. The maximum Gasteiger partial charge on any atom is 0.269 e. The van der Waals surface area contributed by atoms with Gasteiger partial charge < -0.3 is 5.32 Å². The first-order valence-electron chi connectivity index (χ1n) is 5.83. The zero-order valence-corrected chi connectivity index (χ0v) is 11.2. The number of amides is 1. The highest BCUT2D eigenvalue weighted by atomic mass is 79.9. The van der Waals surface area contributed by atoms with Crippen LogP contribution in [0.15, 0.2) is 34.5 Å². The van der Waals surface area contributed by atoms with Crippen LogP contribution in [0.2, 0.25) is 0 Å². The van der Waals surface area contributed by atoms with Crippen LogP contribution in [0, 0.1) is 0 Å². The third kappa shape index (κ3) is 3.66. The number of rotatable bonds is 4. The minimum atomic E-state index is -0.101. The van der Waals surface area contributed by atoms with Gasteiger partial charge in [-0.3, -0.25) is 4.79 Å². The topological polar surface area (TPSA) is 42.0 Å². The third-order valence-corrected chi connectivity index (χ3v) is 3.30. The molecule has 1 heterocycles. The summed E-state index contributed by atoms with van der Waals surface area (Å²) < 4.78 is 0.880. The molecule has 0 fully saturated rings. The number of nitrogens with zero attached hydrogens (tertiary/aromatic N) is 1. The van der Waals surface area contributed by atoms with Gasteiger partial charge in [0.2, 0.25) is 0 Å². The molecule has 0 radical (unpaired) electrons. The van der Waals surface area contributed by atoms with Crippen molar-refractivity contribution in [3.8, 4) is 0 Å². The van der Waals surface area contributed by atoms with Crippen LogP contribution < -0.4 is 5.32 Å². The van der Waals surface area contributed by atoms with Gasteiger partial charge in [-0.25, -0.2) is 4.98 Å². The molecule has 90 valence electrons. The summed E-state index contributed by atoms with van der Waals surface area (Å²) in [5, 5.41) is 2.89. The van der Waals surface area contributed by atoms with E-state index in [2.05, 4.69) is 32.3 Å². The molecule has 0 saturated carbocycles. The van der Waals surface area contributed by atoms with E-state index in [9.17, 15) is 4.79 Å². The van der Waals surface area contributed by atoms with Gasteiger partial charge in [0.1, 0.15) is 5.69 Å². The second-order valence-electron chi connectivity index (χ2n) is 4.12. The van der Waals surface area contributed by atoms with Crippen molar-refractivity contribution in [2.75, 3.05) is 6.54 Å². The highest BCUT2D eigenvalue weighted by molar-refractivity contribution is 9.10. The maximum absolute atomic E-state index is 11.7. The van der Waals surface area contributed by atoms with Gasteiger partial charge in [0.05, 0.1) is 0 Å². The van der Waals surface area contributed by atoms with Gasteiger partial charge in [-0.15, -0.1) is 0 Å². The highest BCUT2D eigenvalue weighted by Crippen LogP contribution is 2.19. The first kappa shape index (κ1) is 12.3. The predicted octanol–water partition coefficient (Wildman–Crippen LogP) is 3.07. The van der Waals surface area contributed by atoms with Gasteiger partial charge in [-0.2, -0.15) is 0 Å². The summed E-state index contributed by atoms with van der Waals surface area (Å²) in [5.74, 6) is -0.101. The van der Waals surface area contributed by atoms with Crippen LogP contribution in [-0.4, -0.2) is 17.4 Å². The van der Waals surface area contributed by atoms with Crippen LogP contribution in [0.25, 0.3) is 0 Å². The predicted molar refractivity (Wildman–Crippen MR) is 70.8 cm³/mol. The van der Waals surface area contributed by atoms with E-state index in [1.54, 1.807) is 12.3 Å². The Morgan fingerprint density at radius 3 is 3.00 bits per heavy atom. The summed E-state index contributed by atoms with van der Waals surface area (Å²) in [7, 11) is 0. The third-order valence-electron chi connectivity index (χ3n) is 2.83. The summed E-state index contributed by atoms with van der Waals surface area (Å²) in [5.41, 5.74) is 1.93. The van der Waals surface area contributed by atoms with E-state index >= 15 is 0 Å². The average Bonchev–Trinajstić information content (AvgIpc) is 2.83. The van der Waals surface area contributed by atoms with Crippen molar-refractivity contribution < 1.29 is 4.79 Å². The van der Waals surface area contributed by atoms with Crippen LogP contribution in [-0.2, 0) is 0 Å². The van der Waals surface area contributed by atoms with Crippen LogP contribution in [0.1, 0.15) is 36.2 Å². The molecule has 4 heteroatoms. The van der Waals surface area contributed by atoms with E-state index < -0.39 is 0 Å². The van der Waals surface area contributed by atoms with E-state index in [0.717, 1.165) is 10.9 Å². The number of carbonyl (C=O) groups is 1. The fourth-order valence-electron chi connectivity index (χ4n) is 1.90. The van der Waals surface area contributed by atoms with Crippen molar-refractivity contribution in [2.45, 2.75) is 25.7 Å². The van der Waals surface area contributed by atoms with Gasteiger partial charge in [0.25, 0.3) is 5.91 Å². The SMILES string of the molecule is O=C(NCCC1=CCCC1)c1ccc(Br)cn1. The van der Waals surface area contributed by atoms with E-state index in [1.165, 1.54) is 24.8 Å². The highest BCUT2D eigenvalue weighted by Gasteiger charge is 2.08.